The van der Waals surface area contributed by atoms with E-state index in [1.54, 1.807) is 6.20 Å². The molecule has 1 aromatic carbocycles. The summed E-state index contributed by atoms with van der Waals surface area (Å²) in [6.45, 7) is 2.03. The maximum absolute atomic E-state index is 5.93. The lowest BCUT2D eigenvalue weighted by atomic mass is 10.0. The Morgan fingerprint density at radius 2 is 2.05 bits per heavy atom. The number of aromatic nitrogens is 2. The van der Waals surface area contributed by atoms with Gasteiger partial charge in [0.05, 0.1) is 11.3 Å². The fourth-order valence-electron chi connectivity index (χ4n) is 2.05. The minimum absolute atomic E-state index is 0.339. The summed E-state index contributed by atoms with van der Waals surface area (Å²) in [6, 6.07) is 11.7. The maximum atomic E-state index is 5.93. The molecule has 2 heterocycles. The molecule has 2 N–H and O–H groups in total. The lowest BCUT2D eigenvalue weighted by molar-refractivity contribution is 0.436. The van der Waals surface area contributed by atoms with E-state index in [4.69, 9.17) is 10.3 Å². The van der Waals surface area contributed by atoms with Gasteiger partial charge in [0, 0.05) is 16.2 Å². The van der Waals surface area contributed by atoms with Gasteiger partial charge in [0.15, 0.2) is 11.6 Å². The Hall–Kier alpha value is -2.14. The first-order valence-electron chi connectivity index (χ1n) is 6.10. The lowest BCUT2D eigenvalue weighted by Gasteiger charge is -2.05. The Balaban J connectivity index is 2.21. The Labute approximate surface area is 124 Å². The second-order valence-electron chi connectivity index (χ2n) is 4.47. The van der Waals surface area contributed by atoms with Gasteiger partial charge in [-0.2, -0.15) is 0 Å². The van der Waals surface area contributed by atoms with Crippen molar-refractivity contribution in [3.8, 4) is 22.6 Å². The largest absolute Gasteiger partial charge is 0.380 e. The molecular weight excluding hydrogens is 318 g/mol. The van der Waals surface area contributed by atoms with Crippen LogP contribution in [0.5, 0.6) is 0 Å². The van der Waals surface area contributed by atoms with Gasteiger partial charge >= 0.3 is 0 Å². The molecule has 0 amide bonds. The first-order valence-corrected chi connectivity index (χ1v) is 6.89. The average molecular weight is 330 g/mol. The van der Waals surface area contributed by atoms with Gasteiger partial charge in [0.2, 0.25) is 0 Å². The third-order valence-electron chi connectivity index (χ3n) is 3.01. The van der Waals surface area contributed by atoms with Crippen molar-refractivity contribution in [3.05, 3.63) is 52.6 Å². The van der Waals surface area contributed by atoms with Crippen LogP contribution < -0.4 is 5.73 Å². The number of aryl methyl sites for hydroxylation is 1. The summed E-state index contributed by atoms with van der Waals surface area (Å²) >= 11 is 3.55. The van der Waals surface area contributed by atoms with Crippen molar-refractivity contribution < 1.29 is 4.52 Å². The van der Waals surface area contributed by atoms with Crippen molar-refractivity contribution in [1.29, 1.82) is 0 Å². The number of halogens is 1. The quantitative estimate of drug-likeness (QED) is 0.770. The topological polar surface area (TPSA) is 64.9 Å². The average Bonchev–Trinajstić information content (AvgIpc) is 2.81. The highest BCUT2D eigenvalue weighted by Crippen LogP contribution is 2.38. The van der Waals surface area contributed by atoms with Crippen LogP contribution in [0.3, 0.4) is 0 Å². The number of hydrogen-bond acceptors (Lipinski definition) is 4. The highest BCUT2D eigenvalue weighted by Gasteiger charge is 2.20. The van der Waals surface area contributed by atoms with E-state index in [0.717, 1.165) is 26.9 Å². The Morgan fingerprint density at radius 3 is 2.75 bits per heavy atom. The standard InChI is InChI=1S/C15H12BrN3O/c1-9-5-6-10(11(16)8-9)14-13(15(17)19-20-14)12-4-2-3-7-18-12/h2-8H,1H3,(H2,17,19). The molecule has 0 saturated carbocycles. The molecule has 0 saturated heterocycles. The molecular formula is C15H12BrN3O. The van der Waals surface area contributed by atoms with Crippen molar-refractivity contribution >= 4 is 21.7 Å². The first kappa shape index (κ1) is 12.9. The molecule has 4 nitrogen and oxygen atoms in total. The second-order valence-corrected chi connectivity index (χ2v) is 5.32. The van der Waals surface area contributed by atoms with Crippen LogP contribution in [0.1, 0.15) is 5.56 Å². The van der Waals surface area contributed by atoms with Crippen molar-refractivity contribution in [2.24, 2.45) is 0 Å². The van der Waals surface area contributed by atoms with Gasteiger partial charge in [-0.15, -0.1) is 0 Å². The van der Waals surface area contributed by atoms with E-state index in [0.29, 0.717) is 11.6 Å². The van der Waals surface area contributed by atoms with E-state index < -0.39 is 0 Å². The number of rotatable bonds is 2. The van der Waals surface area contributed by atoms with Crippen LogP contribution in [-0.2, 0) is 0 Å². The molecule has 3 aromatic rings. The first-order chi connectivity index (χ1) is 9.66. The molecule has 0 fully saturated rings. The minimum Gasteiger partial charge on any atom is -0.380 e. The summed E-state index contributed by atoms with van der Waals surface area (Å²) in [4.78, 5) is 4.32. The number of nitrogens with two attached hydrogens (primary N) is 1. The highest BCUT2D eigenvalue weighted by molar-refractivity contribution is 9.10. The molecule has 5 heteroatoms. The molecule has 3 rings (SSSR count). The third kappa shape index (κ3) is 2.20. The lowest BCUT2D eigenvalue weighted by Crippen LogP contribution is -1.91. The van der Waals surface area contributed by atoms with E-state index in [-0.39, 0.29) is 0 Å². The Kier molecular flexibility index (Phi) is 3.28. The fraction of sp³-hybridized carbons (Fsp3) is 0.0667. The van der Waals surface area contributed by atoms with Crippen molar-refractivity contribution in [2.45, 2.75) is 6.92 Å². The number of benzene rings is 1. The summed E-state index contributed by atoms with van der Waals surface area (Å²) < 4.78 is 6.35. The van der Waals surface area contributed by atoms with Gasteiger partial charge < -0.3 is 10.3 Å². The van der Waals surface area contributed by atoms with Crippen molar-refractivity contribution in [3.63, 3.8) is 0 Å². The smallest absolute Gasteiger partial charge is 0.179 e. The van der Waals surface area contributed by atoms with E-state index in [1.165, 1.54) is 0 Å². The predicted molar refractivity (Wildman–Crippen MR) is 82.0 cm³/mol. The van der Waals surface area contributed by atoms with Crippen LogP contribution in [-0.4, -0.2) is 10.1 Å². The molecule has 0 aliphatic heterocycles. The molecule has 0 bridgehead atoms. The van der Waals surface area contributed by atoms with Crippen LogP contribution in [0.15, 0.2) is 51.6 Å². The van der Waals surface area contributed by atoms with E-state index in [9.17, 15) is 0 Å². The van der Waals surface area contributed by atoms with Gasteiger partial charge in [0.25, 0.3) is 0 Å². The fourth-order valence-corrected chi connectivity index (χ4v) is 2.72. The molecule has 0 aliphatic carbocycles. The molecule has 2 aromatic heterocycles. The monoisotopic (exact) mass is 329 g/mol. The SMILES string of the molecule is Cc1ccc(-c2onc(N)c2-c2ccccn2)c(Br)c1. The normalized spacial score (nSPS) is 10.7. The number of nitrogens with zero attached hydrogens (tertiary/aromatic N) is 2. The number of hydrogen-bond donors (Lipinski definition) is 1. The van der Waals surface area contributed by atoms with Gasteiger partial charge in [0.1, 0.15) is 0 Å². The summed E-state index contributed by atoms with van der Waals surface area (Å²) in [5.41, 5.74) is 9.46. The van der Waals surface area contributed by atoms with Gasteiger partial charge in [-0.25, -0.2) is 0 Å². The number of pyridine rings is 1. The summed E-state index contributed by atoms with van der Waals surface area (Å²) in [7, 11) is 0. The molecule has 0 aliphatic rings. The Morgan fingerprint density at radius 1 is 1.20 bits per heavy atom. The van der Waals surface area contributed by atoms with Crippen molar-refractivity contribution in [2.75, 3.05) is 5.73 Å². The van der Waals surface area contributed by atoms with Crippen LogP contribution in [0.25, 0.3) is 22.6 Å². The number of nitrogen functional groups attached to an aromatic ring is 1. The van der Waals surface area contributed by atoms with Gasteiger partial charge in [-0.05, 0) is 36.8 Å². The molecule has 0 unspecified atom stereocenters. The molecule has 100 valence electrons. The summed E-state index contributed by atoms with van der Waals surface area (Å²) in [6.07, 6.45) is 1.72. The zero-order valence-corrected chi connectivity index (χ0v) is 12.4. The third-order valence-corrected chi connectivity index (χ3v) is 3.66. The van der Waals surface area contributed by atoms with E-state index in [2.05, 4.69) is 26.1 Å². The van der Waals surface area contributed by atoms with E-state index in [1.807, 2.05) is 43.3 Å². The molecule has 0 radical (unpaired) electrons. The number of anilines is 1. The second kappa shape index (κ2) is 5.09. The summed E-state index contributed by atoms with van der Waals surface area (Å²) in [5.74, 6) is 0.958. The molecule has 0 spiro atoms. The van der Waals surface area contributed by atoms with Gasteiger partial charge in [-0.3, -0.25) is 4.98 Å². The van der Waals surface area contributed by atoms with Crippen molar-refractivity contribution in [1.82, 2.24) is 10.1 Å². The summed E-state index contributed by atoms with van der Waals surface area (Å²) in [5, 5.41) is 3.87. The van der Waals surface area contributed by atoms with Crippen LogP contribution in [0, 0.1) is 6.92 Å². The molecule has 0 atom stereocenters. The van der Waals surface area contributed by atoms with Gasteiger partial charge in [-0.1, -0.05) is 33.2 Å². The van der Waals surface area contributed by atoms with Crippen LogP contribution in [0.2, 0.25) is 0 Å². The zero-order chi connectivity index (χ0) is 14.1. The highest BCUT2D eigenvalue weighted by atomic mass is 79.9. The maximum Gasteiger partial charge on any atom is 0.179 e. The minimum atomic E-state index is 0.339. The van der Waals surface area contributed by atoms with Crippen LogP contribution >= 0.6 is 15.9 Å². The van der Waals surface area contributed by atoms with Crippen LogP contribution in [0.4, 0.5) is 5.82 Å². The predicted octanol–water partition coefficient (Wildman–Crippen LogP) is 4.06. The Bertz CT molecular complexity index is 753. The zero-order valence-electron chi connectivity index (χ0n) is 10.8. The molecule has 20 heavy (non-hydrogen) atoms. The van der Waals surface area contributed by atoms with E-state index >= 15 is 0 Å².